The first-order valence-electron chi connectivity index (χ1n) is 8.24. The molecule has 1 aliphatic rings. The monoisotopic (exact) mass is 370 g/mol. The molecule has 0 saturated heterocycles. The van der Waals surface area contributed by atoms with Gasteiger partial charge in [-0.3, -0.25) is 9.10 Å². The van der Waals surface area contributed by atoms with Gasteiger partial charge in [0.15, 0.2) is 0 Å². The summed E-state index contributed by atoms with van der Waals surface area (Å²) in [5.74, 6) is 0.765. The van der Waals surface area contributed by atoms with E-state index in [1.165, 1.54) is 37.0 Å². The molecule has 1 aliphatic carbocycles. The summed E-state index contributed by atoms with van der Waals surface area (Å²) in [4.78, 5) is 12.4. The van der Waals surface area contributed by atoms with Crippen LogP contribution >= 0.6 is 11.8 Å². The molecule has 24 heavy (non-hydrogen) atoms. The Bertz CT molecular complexity index is 683. The Balaban J connectivity index is 1.96. The maximum Gasteiger partial charge on any atom is 0.251 e. The third kappa shape index (κ3) is 4.89. The van der Waals surface area contributed by atoms with Crippen molar-refractivity contribution in [3.05, 3.63) is 29.3 Å². The van der Waals surface area contributed by atoms with Crippen LogP contribution in [0, 0.1) is 6.92 Å². The van der Waals surface area contributed by atoms with Gasteiger partial charge in [0.25, 0.3) is 5.91 Å². The van der Waals surface area contributed by atoms with Crippen molar-refractivity contribution in [1.29, 1.82) is 0 Å². The number of anilines is 1. The van der Waals surface area contributed by atoms with Gasteiger partial charge >= 0.3 is 0 Å². The SMILES string of the molecule is Cc1c(C(=O)NCCSC2CCCC2)cccc1N(C)S(C)(=O)=O. The number of sulfonamides is 1. The number of rotatable bonds is 7. The Hall–Kier alpha value is -1.21. The lowest BCUT2D eigenvalue weighted by Gasteiger charge is -2.20. The summed E-state index contributed by atoms with van der Waals surface area (Å²) in [6.45, 7) is 2.41. The van der Waals surface area contributed by atoms with Gasteiger partial charge in [-0.1, -0.05) is 18.9 Å². The smallest absolute Gasteiger partial charge is 0.251 e. The maximum atomic E-state index is 12.4. The molecule has 0 unspecified atom stereocenters. The van der Waals surface area contributed by atoms with Crippen LogP contribution in [0.15, 0.2) is 18.2 Å². The van der Waals surface area contributed by atoms with Crippen molar-refractivity contribution in [3.8, 4) is 0 Å². The highest BCUT2D eigenvalue weighted by atomic mass is 32.2. The zero-order chi connectivity index (χ0) is 17.7. The molecule has 0 heterocycles. The molecule has 1 saturated carbocycles. The van der Waals surface area contributed by atoms with E-state index in [2.05, 4.69) is 5.32 Å². The van der Waals surface area contributed by atoms with E-state index in [4.69, 9.17) is 0 Å². The summed E-state index contributed by atoms with van der Waals surface area (Å²) >= 11 is 1.93. The summed E-state index contributed by atoms with van der Waals surface area (Å²) in [7, 11) is -1.86. The van der Waals surface area contributed by atoms with Crippen molar-refractivity contribution < 1.29 is 13.2 Å². The van der Waals surface area contributed by atoms with Gasteiger partial charge in [0.1, 0.15) is 0 Å². The highest BCUT2D eigenvalue weighted by Crippen LogP contribution is 2.29. The number of hydrogen-bond acceptors (Lipinski definition) is 4. The maximum absolute atomic E-state index is 12.4. The van der Waals surface area contributed by atoms with Gasteiger partial charge < -0.3 is 5.32 Å². The summed E-state index contributed by atoms with van der Waals surface area (Å²) in [5.41, 5.74) is 1.73. The average molecular weight is 371 g/mol. The Kier molecular flexibility index (Phi) is 6.57. The second-order valence-electron chi connectivity index (χ2n) is 6.21. The first-order chi connectivity index (χ1) is 11.3. The van der Waals surface area contributed by atoms with E-state index in [0.717, 1.165) is 17.3 Å². The molecule has 7 heteroatoms. The minimum Gasteiger partial charge on any atom is -0.351 e. The van der Waals surface area contributed by atoms with Crippen LogP contribution in [0.5, 0.6) is 0 Å². The lowest BCUT2D eigenvalue weighted by atomic mass is 10.1. The Morgan fingerprint density at radius 1 is 1.33 bits per heavy atom. The number of hydrogen-bond donors (Lipinski definition) is 1. The van der Waals surface area contributed by atoms with Crippen LogP contribution in [0.25, 0.3) is 0 Å². The first kappa shape index (κ1) is 19.1. The van der Waals surface area contributed by atoms with Crippen molar-refractivity contribution in [3.63, 3.8) is 0 Å². The molecular formula is C17H26N2O3S2. The number of thioether (sulfide) groups is 1. The summed E-state index contributed by atoms with van der Waals surface area (Å²) in [6.07, 6.45) is 6.38. The molecule has 1 aromatic rings. The number of benzene rings is 1. The van der Waals surface area contributed by atoms with E-state index >= 15 is 0 Å². The molecule has 1 amide bonds. The van der Waals surface area contributed by atoms with Crippen LogP contribution in [0.4, 0.5) is 5.69 Å². The van der Waals surface area contributed by atoms with Gasteiger partial charge in [-0.25, -0.2) is 8.42 Å². The number of nitrogens with one attached hydrogen (secondary N) is 1. The molecule has 134 valence electrons. The lowest BCUT2D eigenvalue weighted by molar-refractivity contribution is 0.0955. The largest absolute Gasteiger partial charge is 0.351 e. The first-order valence-corrected chi connectivity index (χ1v) is 11.1. The van der Waals surface area contributed by atoms with Gasteiger partial charge in [-0.2, -0.15) is 11.8 Å². The van der Waals surface area contributed by atoms with E-state index in [0.29, 0.717) is 23.4 Å². The summed E-state index contributed by atoms with van der Waals surface area (Å²) in [5, 5.41) is 3.69. The van der Waals surface area contributed by atoms with Crippen molar-refractivity contribution in [2.45, 2.75) is 37.9 Å². The molecule has 0 aliphatic heterocycles. The summed E-state index contributed by atoms with van der Waals surface area (Å²) < 4.78 is 24.7. The molecule has 0 atom stereocenters. The van der Waals surface area contributed by atoms with Crippen molar-refractivity contribution in [2.75, 3.05) is 29.9 Å². The standard InChI is InChI=1S/C17H26N2O3S2/c1-13-15(9-6-10-16(13)19(2)24(3,21)22)17(20)18-11-12-23-14-7-4-5-8-14/h6,9-10,14H,4-5,7-8,11-12H2,1-3H3,(H,18,20). The predicted octanol–water partition coefficient (Wildman–Crippen LogP) is 2.80. The normalized spacial score (nSPS) is 15.5. The van der Waals surface area contributed by atoms with Crippen molar-refractivity contribution in [2.24, 2.45) is 0 Å². The third-order valence-electron chi connectivity index (χ3n) is 4.43. The van der Waals surface area contributed by atoms with Gasteiger partial charge in [-0.15, -0.1) is 0 Å². The van der Waals surface area contributed by atoms with Crippen LogP contribution in [0.3, 0.4) is 0 Å². The van der Waals surface area contributed by atoms with Crippen LogP contribution in [-0.4, -0.2) is 45.2 Å². The Morgan fingerprint density at radius 3 is 2.62 bits per heavy atom. The molecular weight excluding hydrogens is 344 g/mol. The second kappa shape index (κ2) is 8.25. The molecule has 1 aromatic carbocycles. The number of nitrogens with zero attached hydrogens (tertiary/aromatic N) is 1. The minimum absolute atomic E-state index is 0.150. The van der Waals surface area contributed by atoms with Crippen LogP contribution < -0.4 is 9.62 Å². The molecule has 5 nitrogen and oxygen atoms in total. The fraction of sp³-hybridized carbons (Fsp3) is 0.588. The van der Waals surface area contributed by atoms with E-state index in [1.807, 2.05) is 11.8 Å². The molecule has 1 fully saturated rings. The second-order valence-corrected chi connectivity index (χ2v) is 9.64. The van der Waals surface area contributed by atoms with E-state index in [1.54, 1.807) is 25.1 Å². The van der Waals surface area contributed by atoms with E-state index in [9.17, 15) is 13.2 Å². The highest BCUT2D eigenvalue weighted by Gasteiger charge is 2.19. The molecule has 2 rings (SSSR count). The zero-order valence-corrected chi connectivity index (χ0v) is 16.2. The van der Waals surface area contributed by atoms with Gasteiger partial charge in [0.2, 0.25) is 10.0 Å². The van der Waals surface area contributed by atoms with Gasteiger partial charge in [0.05, 0.1) is 11.9 Å². The van der Waals surface area contributed by atoms with E-state index in [-0.39, 0.29) is 5.91 Å². The third-order valence-corrected chi connectivity index (χ3v) is 7.00. The minimum atomic E-state index is -3.35. The number of amides is 1. The van der Waals surface area contributed by atoms with Crippen molar-refractivity contribution in [1.82, 2.24) is 5.32 Å². The fourth-order valence-electron chi connectivity index (χ4n) is 2.93. The topological polar surface area (TPSA) is 66.5 Å². The molecule has 0 radical (unpaired) electrons. The predicted molar refractivity (Wildman–Crippen MR) is 101 cm³/mol. The summed E-state index contributed by atoms with van der Waals surface area (Å²) in [6, 6.07) is 5.16. The number of carbonyl (C=O) groups is 1. The van der Waals surface area contributed by atoms with Crippen molar-refractivity contribution >= 4 is 33.4 Å². The van der Waals surface area contributed by atoms with Crippen LogP contribution in [-0.2, 0) is 10.0 Å². The van der Waals surface area contributed by atoms with Gasteiger partial charge in [0, 0.05) is 30.2 Å². The zero-order valence-electron chi connectivity index (χ0n) is 14.5. The Labute approximate surface area is 149 Å². The molecule has 1 N–H and O–H groups in total. The molecule has 0 aromatic heterocycles. The van der Waals surface area contributed by atoms with E-state index < -0.39 is 10.0 Å². The average Bonchev–Trinajstić information content (AvgIpc) is 3.03. The highest BCUT2D eigenvalue weighted by molar-refractivity contribution is 7.99. The fourth-order valence-corrected chi connectivity index (χ4v) is 4.70. The van der Waals surface area contributed by atoms with Crippen LogP contribution in [0.2, 0.25) is 0 Å². The quantitative estimate of drug-likeness (QED) is 0.750. The molecule has 0 spiro atoms. The number of carbonyl (C=O) groups excluding carboxylic acids is 1. The molecule has 0 bridgehead atoms. The Morgan fingerprint density at radius 2 is 2.00 bits per heavy atom. The van der Waals surface area contributed by atoms with Crippen LogP contribution in [0.1, 0.15) is 41.6 Å². The lowest BCUT2D eigenvalue weighted by Crippen LogP contribution is -2.29. The van der Waals surface area contributed by atoms with Gasteiger partial charge in [-0.05, 0) is 37.5 Å².